The number of halogens is 1. The third kappa shape index (κ3) is 2.60. The van der Waals surface area contributed by atoms with Gasteiger partial charge in [-0.1, -0.05) is 17.7 Å². The van der Waals surface area contributed by atoms with Crippen LogP contribution in [0.1, 0.15) is 16.7 Å². The lowest BCUT2D eigenvalue weighted by atomic mass is 10.1. The minimum absolute atomic E-state index is 0.319. The highest BCUT2D eigenvalue weighted by atomic mass is 19.1. The quantitative estimate of drug-likeness (QED) is 0.834. The van der Waals surface area contributed by atoms with Gasteiger partial charge < -0.3 is 4.90 Å². The number of nitrogens with one attached hydrogen (secondary N) is 1. The van der Waals surface area contributed by atoms with E-state index in [9.17, 15) is 14.0 Å². The summed E-state index contributed by atoms with van der Waals surface area (Å²) in [6, 6.07) is 11.2. The fourth-order valence-electron chi connectivity index (χ4n) is 4.20. The number of hydrogen-bond donors (Lipinski definition) is 1. The number of aryl methyl sites for hydroxylation is 2. The number of urea groups is 1. The number of hydrogen-bond acceptors (Lipinski definition) is 5. The number of carbonyl (C=O) groups is 2. The van der Waals surface area contributed by atoms with Crippen molar-refractivity contribution >= 4 is 29.3 Å². The molecule has 1 fully saturated rings. The van der Waals surface area contributed by atoms with Crippen LogP contribution in [-0.2, 0) is 4.79 Å². The summed E-state index contributed by atoms with van der Waals surface area (Å²) in [6.07, 6.45) is 1.24. The number of rotatable bonds is 2. The monoisotopic (exact) mass is 405 g/mol. The molecule has 30 heavy (non-hydrogen) atoms. The van der Waals surface area contributed by atoms with Crippen LogP contribution in [0, 0.1) is 19.7 Å². The van der Waals surface area contributed by atoms with Crippen LogP contribution in [0.15, 0.2) is 53.7 Å². The van der Waals surface area contributed by atoms with Crippen LogP contribution in [0.2, 0.25) is 0 Å². The summed E-state index contributed by atoms with van der Waals surface area (Å²) in [5, 5.41) is 2.38. The Labute approximate surface area is 173 Å². The number of nitrogens with zero attached hydrogens (tertiary/aromatic N) is 4. The Hall–Kier alpha value is -3.68. The van der Waals surface area contributed by atoms with Gasteiger partial charge in [0.2, 0.25) is 5.96 Å². The van der Waals surface area contributed by atoms with E-state index < -0.39 is 18.2 Å². The Bertz CT molecular complexity index is 1140. The lowest BCUT2D eigenvalue weighted by Gasteiger charge is -2.34. The van der Waals surface area contributed by atoms with Crippen LogP contribution in [0.4, 0.5) is 14.9 Å². The van der Waals surface area contributed by atoms with Gasteiger partial charge in [-0.15, -0.1) is 0 Å². The molecule has 8 heteroatoms. The van der Waals surface area contributed by atoms with E-state index in [1.165, 1.54) is 17.0 Å². The van der Waals surface area contributed by atoms with Crippen LogP contribution < -0.4 is 10.2 Å². The first-order valence-electron chi connectivity index (χ1n) is 9.64. The van der Waals surface area contributed by atoms with Gasteiger partial charge in [0.1, 0.15) is 5.82 Å². The molecule has 2 aromatic carbocycles. The van der Waals surface area contributed by atoms with Crippen molar-refractivity contribution in [3.8, 4) is 0 Å². The van der Waals surface area contributed by atoms with Gasteiger partial charge in [-0.25, -0.2) is 14.2 Å². The van der Waals surface area contributed by atoms with Crippen molar-refractivity contribution < 1.29 is 14.0 Å². The molecule has 0 bridgehead atoms. The molecule has 5 rings (SSSR count). The first-order chi connectivity index (χ1) is 14.3. The summed E-state index contributed by atoms with van der Waals surface area (Å²) in [5.41, 5.74) is 4.66. The molecule has 2 atom stereocenters. The van der Waals surface area contributed by atoms with Gasteiger partial charge in [0.05, 0.1) is 11.4 Å². The zero-order chi connectivity index (χ0) is 21.2. The lowest BCUT2D eigenvalue weighted by molar-refractivity contribution is -0.126. The Kier molecular flexibility index (Phi) is 3.92. The molecule has 0 spiro atoms. The normalized spacial score (nSPS) is 22.6. The number of likely N-dealkylation sites (N-methyl/N-ethyl adjacent to an activating group) is 1. The maximum absolute atomic E-state index is 13.5. The summed E-state index contributed by atoms with van der Waals surface area (Å²) < 4.78 is 13.5. The number of carbonyl (C=O) groups excluding carboxylic acids is 2. The van der Waals surface area contributed by atoms with Crippen molar-refractivity contribution in [1.29, 1.82) is 0 Å². The summed E-state index contributed by atoms with van der Waals surface area (Å²) in [7, 11) is 1.62. The van der Waals surface area contributed by atoms with Crippen LogP contribution in [0.25, 0.3) is 5.70 Å². The van der Waals surface area contributed by atoms with E-state index >= 15 is 0 Å². The Balaban J connectivity index is 1.67. The number of amides is 3. The van der Waals surface area contributed by atoms with Crippen molar-refractivity contribution in [2.75, 3.05) is 11.9 Å². The molecule has 0 saturated carbocycles. The van der Waals surface area contributed by atoms with E-state index in [2.05, 4.69) is 11.4 Å². The first kappa shape index (κ1) is 18.4. The molecule has 3 heterocycles. The van der Waals surface area contributed by atoms with E-state index in [0.29, 0.717) is 5.96 Å². The Morgan fingerprint density at radius 2 is 1.80 bits per heavy atom. The second-order valence-corrected chi connectivity index (χ2v) is 7.75. The highest BCUT2D eigenvalue weighted by Crippen LogP contribution is 2.40. The van der Waals surface area contributed by atoms with Gasteiger partial charge in [0.25, 0.3) is 5.91 Å². The SMILES string of the molecule is Cc1ccc(N2C(c3ccc(F)cc3)=CN3C2=NC2C3C(=O)NC(=O)N2C)c(C)c1. The average Bonchev–Trinajstić information content (AvgIpc) is 3.24. The van der Waals surface area contributed by atoms with Crippen LogP contribution in [-0.4, -0.2) is 47.0 Å². The standard InChI is InChI=1S/C22H20FN5O2/c1-12-4-9-16(13(2)10-12)28-17(14-5-7-15(23)8-6-14)11-27-18-19(24-21(27)28)26(3)22(30)25-20(18)29/h4-11,18-19H,1-3H3,(H,25,29,30). The lowest BCUT2D eigenvalue weighted by Crippen LogP contribution is -2.62. The van der Waals surface area contributed by atoms with E-state index in [4.69, 9.17) is 4.99 Å². The molecule has 2 unspecified atom stereocenters. The number of guanidine groups is 1. The minimum atomic E-state index is -0.658. The molecule has 1 saturated heterocycles. The fraction of sp³-hybridized carbons (Fsp3) is 0.227. The summed E-state index contributed by atoms with van der Waals surface area (Å²) in [5.74, 6) is -0.146. The second kappa shape index (κ2) is 6.41. The van der Waals surface area contributed by atoms with E-state index in [0.717, 1.165) is 28.1 Å². The summed E-state index contributed by atoms with van der Waals surface area (Å²) >= 11 is 0. The molecule has 2 aromatic rings. The predicted molar refractivity (Wildman–Crippen MR) is 111 cm³/mol. The molecule has 0 radical (unpaired) electrons. The first-order valence-corrected chi connectivity index (χ1v) is 9.64. The van der Waals surface area contributed by atoms with Crippen molar-refractivity contribution in [2.24, 2.45) is 4.99 Å². The number of aliphatic imine (C=N–C) groups is 1. The Morgan fingerprint density at radius 1 is 1.07 bits per heavy atom. The smallest absolute Gasteiger partial charge is 0.303 e. The molecule has 0 aromatic heterocycles. The van der Waals surface area contributed by atoms with Gasteiger partial charge in [-0.3, -0.25) is 19.9 Å². The van der Waals surface area contributed by atoms with Gasteiger partial charge in [0.15, 0.2) is 12.2 Å². The molecule has 3 aliphatic heterocycles. The maximum atomic E-state index is 13.5. The second-order valence-electron chi connectivity index (χ2n) is 7.75. The van der Waals surface area contributed by atoms with Crippen LogP contribution in [0.5, 0.6) is 0 Å². The molecule has 152 valence electrons. The van der Waals surface area contributed by atoms with Crippen molar-refractivity contribution in [2.45, 2.75) is 26.1 Å². The number of anilines is 1. The molecule has 3 aliphatic rings. The summed E-state index contributed by atoms with van der Waals surface area (Å²) in [6.45, 7) is 4.04. The third-order valence-corrected chi connectivity index (χ3v) is 5.71. The zero-order valence-corrected chi connectivity index (χ0v) is 16.8. The predicted octanol–water partition coefficient (Wildman–Crippen LogP) is 2.81. The minimum Gasteiger partial charge on any atom is -0.303 e. The molecular formula is C22H20FN5O2. The van der Waals surface area contributed by atoms with E-state index in [1.807, 2.05) is 37.1 Å². The van der Waals surface area contributed by atoms with Crippen LogP contribution >= 0.6 is 0 Å². The average molecular weight is 405 g/mol. The number of imide groups is 1. The molecular weight excluding hydrogens is 385 g/mol. The van der Waals surface area contributed by atoms with Gasteiger partial charge >= 0.3 is 6.03 Å². The zero-order valence-electron chi connectivity index (χ0n) is 16.8. The molecule has 0 aliphatic carbocycles. The van der Waals surface area contributed by atoms with Gasteiger partial charge in [0, 0.05) is 18.8 Å². The highest BCUT2D eigenvalue weighted by Gasteiger charge is 2.52. The topological polar surface area (TPSA) is 68.2 Å². The molecule has 1 N–H and O–H groups in total. The molecule has 3 amide bonds. The van der Waals surface area contributed by atoms with Crippen molar-refractivity contribution in [3.05, 3.63) is 71.2 Å². The number of benzene rings is 2. The van der Waals surface area contributed by atoms with E-state index in [1.54, 1.807) is 24.1 Å². The fourth-order valence-corrected chi connectivity index (χ4v) is 4.20. The van der Waals surface area contributed by atoms with Crippen LogP contribution in [0.3, 0.4) is 0 Å². The largest absolute Gasteiger partial charge is 0.325 e. The molecule has 7 nitrogen and oxygen atoms in total. The van der Waals surface area contributed by atoms with Gasteiger partial charge in [-0.05, 0) is 49.7 Å². The maximum Gasteiger partial charge on any atom is 0.325 e. The summed E-state index contributed by atoms with van der Waals surface area (Å²) in [4.78, 5) is 34.7. The van der Waals surface area contributed by atoms with E-state index in [-0.39, 0.29) is 11.7 Å². The Morgan fingerprint density at radius 3 is 2.50 bits per heavy atom. The number of fused-ring (bicyclic) bond motifs is 3. The third-order valence-electron chi connectivity index (χ3n) is 5.71. The highest BCUT2D eigenvalue weighted by molar-refractivity contribution is 6.16. The van der Waals surface area contributed by atoms with Crippen molar-refractivity contribution in [3.63, 3.8) is 0 Å². The van der Waals surface area contributed by atoms with Crippen molar-refractivity contribution in [1.82, 2.24) is 15.1 Å². The van der Waals surface area contributed by atoms with Gasteiger partial charge in [-0.2, -0.15) is 0 Å².